The van der Waals surface area contributed by atoms with Crippen LogP contribution in [0.3, 0.4) is 0 Å². The van der Waals surface area contributed by atoms with E-state index in [0.717, 1.165) is 6.42 Å². The number of anilines is 1. The number of amides is 3. The van der Waals surface area contributed by atoms with Crippen LogP contribution in [0.25, 0.3) is 0 Å². The summed E-state index contributed by atoms with van der Waals surface area (Å²) in [5, 5.41) is 0.721. The number of benzene rings is 2. The standard InChI is InChI=1S/C19H16Cl2N2O2/c20-15-7-6-14(11-16(15)21)23-18(24)17-10-13(8-9-22(17)19(23)25)12-4-2-1-3-5-12/h1-7,11,13,17H,8-10H2. The molecule has 6 heteroatoms. The number of halogens is 2. The van der Waals surface area contributed by atoms with Crippen molar-refractivity contribution in [3.05, 3.63) is 64.1 Å². The number of fused-ring (bicyclic) bond motifs is 1. The van der Waals surface area contributed by atoms with Gasteiger partial charge in [-0.1, -0.05) is 53.5 Å². The quantitative estimate of drug-likeness (QED) is 0.714. The number of hydrogen-bond acceptors (Lipinski definition) is 2. The lowest BCUT2D eigenvalue weighted by Gasteiger charge is -2.32. The first-order chi connectivity index (χ1) is 12.1. The number of hydrogen-bond donors (Lipinski definition) is 0. The van der Waals surface area contributed by atoms with Gasteiger partial charge in [0.15, 0.2) is 0 Å². The zero-order valence-corrected chi connectivity index (χ0v) is 14.9. The Morgan fingerprint density at radius 1 is 0.960 bits per heavy atom. The van der Waals surface area contributed by atoms with Crippen LogP contribution in [0, 0.1) is 0 Å². The van der Waals surface area contributed by atoms with Gasteiger partial charge < -0.3 is 4.90 Å². The Kier molecular flexibility index (Phi) is 4.18. The van der Waals surface area contributed by atoms with Crippen molar-refractivity contribution in [3.63, 3.8) is 0 Å². The van der Waals surface area contributed by atoms with Gasteiger partial charge in [0.25, 0.3) is 5.91 Å². The summed E-state index contributed by atoms with van der Waals surface area (Å²) in [6.07, 6.45) is 1.50. The molecule has 2 aliphatic rings. The maximum atomic E-state index is 12.9. The van der Waals surface area contributed by atoms with E-state index >= 15 is 0 Å². The van der Waals surface area contributed by atoms with E-state index in [-0.39, 0.29) is 17.9 Å². The van der Waals surface area contributed by atoms with Crippen LogP contribution < -0.4 is 4.90 Å². The lowest BCUT2D eigenvalue weighted by molar-refractivity contribution is -0.120. The van der Waals surface area contributed by atoms with Crippen molar-refractivity contribution in [2.45, 2.75) is 24.8 Å². The minimum Gasteiger partial charge on any atom is -0.312 e. The maximum Gasteiger partial charge on any atom is 0.332 e. The van der Waals surface area contributed by atoms with E-state index in [9.17, 15) is 9.59 Å². The van der Waals surface area contributed by atoms with Crippen molar-refractivity contribution in [1.29, 1.82) is 0 Å². The van der Waals surface area contributed by atoms with Crippen LogP contribution in [0.5, 0.6) is 0 Å². The first kappa shape index (κ1) is 16.4. The Balaban J connectivity index is 1.61. The highest BCUT2D eigenvalue weighted by atomic mass is 35.5. The van der Waals surface area contributed by atoms with Gasteiger partial charge in [-0.25, -0.2) is 9.69 Å². The Morgan fingerprint density at radius 3 is 2.44 bits per heavy atom. The molecule has 0 saturated carbocycles. The number of piperidine rings is 1. The minimum absolute atomic E-state index is 0.191. The normalized spacial score (nSPS) is 23.1. The van der Waals surface area contributed by atoms with Crippen LogP contribution in [0.15, 0.2) is 48.5 Å². The van der Waals surface area contributed by atoms with Crippen LogP contribution in [-0.2, 0) is 4.79 Å². The molecule has 0 radical (unpaired) electrons. The fourth-order valence-corrected chi connectivity index (χ4v) is 3.98. The van der Waals surface area contributed by atoms with Crippen LogP contribution in [0.4, 0.5) is 10.5 Å². The van der Waals surface area contributed by atoms with Crippen LogP contribution >= 0.6 is 23.2 Å². The van der Waals surface area contributed by atoms with Crippen molar-refractivity contribution in [2.75, 3.05) is 11.4 Å². The molecule has 2 heterocycles. The molecule has 0 spiro atoms. The van der Waals surface area contributed by atoms with Gasteiger partial charge in [-0.15, -0.1) is 0 Å². The van der Waals surface area contributed by atoms with E-state index in [1.807, 2.05) is 18.2 Å². The molecule has 0 aliphatic carbocycles. The molecule has 25 heavy (non-hydrogen) atoms. The average molecular weight is 375 g/mol. The number of urea groups is 1. The maximum absolute atomic E-state index is 12.9. The van der Waals surface area contributed by atoms with Crippen molar-refractivity contribution in [1.82, 2.24) is 4.90 Å². The fraction of sp³-hybridized carbons (Fsp3) is 0.263. The van der Waals surface area contributed by atoms with E-state index < -0.39 is 6.04 Å². The molecule has 2 fully saturated rings. The molecule has 4 nitrogen and oxygen atoms in total. The van der Waals surface area contributed by atoms with E-state index in [1.54, 1.807) is 23.1 Å². The Hall–Kier alpha value is -2.04. The molecule has 0 N–H and O–H groups in total. The van der Waals surface area contributed by atoms with Gasteiger partial charge in [0.1, 0.15) is 6.04 Å². The summed E-state index contributed by atoms with van der Waals surface area (Å²) in [6, 6.07) is 14.3. The third kappa shape index (κ3) is 2.79. The summed E-state index contributed by atoms with van der Waals surface area (Å²) in [5.41, 5.74) is 1.69. The van der Waals surface area contributed by atoms with Gasteiger partial charge in [0.05, 0.1) is 15.7 Å². The van der Waals surface area contributed by atoms with Gasteiger partial charge in [-0.2, -0.15) is 0 Å². The lowest BCUT2D eigenvalue weighted by atomic mass is 9.86. The summed E-state index contributed by atoms with van der Waals surface area (Å²) in [7, 11) is 0. The Bertz CT molecular complexity index is 841. The first-order valence-electron chi connectivity index (χ1n) is 8.21. The molecular weight excluding hydrogens is 359 g/mol. The zero-order valence-electron chi connectivity index (χ0n) is 13.4. The SMILES string of the molecule is O=C1C2CC(c3ccccc3)CCN2C(=O)N1c1ccc(Cl)c(Cl)c1. The summed E-state index contributed by atoms with van der Waals surface area (Å²) in [6.45, 7) is 0.576. The van der Waals surface area contributed by atoms with E-state index in [2.05, 4.69) is 12.1 Å². The number of carbonyl (C=O) groups is 2. The van der Waals surface area contributed by atoms with Gasteiger partial charge in [0.2, 0.25) is 0 Å². The third-order valence-electron chi connectivity index (χ3n) is 4.98. The molecule has 2 atom stereocenters. The molecule has 3 amide bonds. The third-order valence-corrected chi connectivity index (χ3v) is 5.72. The summed E-state index contributed by atoms with van der Waals surface area (Å²) < 4.78 is 0. The molecule has 0 aromatic heterocycles. The predicted molar refractivity (Wildman–Crippen MR) is 98.3 cm³/mol. The van der Waals surface area contributed by atoms with Gasteiger partial charge in [-0.3, -0.25) is 4.79 Å². The number of carbonyl (C=O) groups excluding carboxylic acids is 2. The van der Waals surface area contributed by atoms with Gasteiger partial charge in [0, 0.05) is 6.54 Å². The average Bonchev–Trinajstić information content (AvgIpc) is 2.89. The van der Waals surface area contributed by atoms with Crippen LogP contribution in [0.2, 0.25) is 10.0 Å². The number of imide groups is 1. The second-order valence-corrected chi connectivity index (χ2v) is 7.21. The Morgan fingerprint density at radius 2 is 1.72 bits per heavy atom. The molecule has 128 valence electrons. The second kappa shape index (κ2) is 6.36. The van der Waals surface area contributed by atoms with Crippen LogP contribution in [0.1, 0.15) is 24.3 Å². The van der Waals surface area contributed by atoms with E-state index in [0.29, 0.717) is 28.7 Å². The van der Waals surface area contributed by atoms with Crippen LogP contribution in [-0.4, -0.2) is 29.4 Å². The number of rotatable bonds is 2. The number of nitrogens with zero attached hydrogens (tertiary/aromatic N) is 2. The molecule has 2 aromatic carbocycles. The largest absolute Gasteiger partial charge is 0.332 e. The van der Waals surface area contributed by atoms with E-state index in [1.165, 1.54) is 10.5 Å². The summed E-state index contributed by atoms with van der Waals surface area (Å²) in [4.78, 5) is 28.5. The highest BCUT2D eigenvalue weighted by molar-refractivity contribution is 6.42. The lowest BCUT2D eigenvalue weighted by Crippen LogP contribution is -2.41. The molecule has 2 aliphatic heterocycles. The fourth-order valence-electron chi connectivity index (χ4n) is 3.69. The monoisotopic (exact) mass is 374 g/mol. The molecule has 2 unspecified atom stereocenters. The molecular formula is C19H16Cl2N2O2. The highest BCUT2D eigenvalue weighted by Crippen LogP contribution is 2.38. The molecule has 2 aromatic rings. The van der Waals surface area contributed by atoms with Gasteiger partial charge >= 0.3 is 6.03 Å². The molecule has 2 saturated heterocycles. The van der Waals surface area contributed by atoms with Gasteiger partial charge in [-0.05, 0) is 42.5 Å². The second-order valence-electron chi connectivity index (χ2n) is 6.40. The highest BCUT2D eigenvalue weighted by Gasteiger charge is 2.48. The topological polar surface area (TPSA) is 40.6 Å². The minimum atomic E-state index is -0.416. The zero-order chi connectivity index (χ0) is 17.6. The summed E-state index contributed by atoms with van der Waals surface area (Å²) >= 11 is 12.0. The van der Waals surface area contributed by atoms with Crippen molar-refractivity contribution in [2.24, 2.45) is 0 Å². The van der Waals surface area contributed by atoms with E-state index in [4.69, 9.17) is 23.2 Å². The Labute approximate surface area is 155 Å². The van der Waals surface area contributed by atoms with Crippen molar-refractivity contribution >= 4 is 40.8 Å². The first-order valence-corrected chi connectivity index (χ1v) is 8.96. The van der Waals surface area contributed by atoms with Crippen molar-refractivity contribution in [3.8, 4) is 0 Å². The predicted octanol–water partition coefficient (Wildman–Crippen LogP) is 4.71. The molecule has 4 rings (SSSR count). The smallest absolute Gasteiger partial charge is 0.312 e. The molecule has 0 bridgehead atoms. The van der Waals surface area contributed by atoms with Crippen molar-refractivity contribution < 1.29 is 9.59 Å². The summed E-state index contributed by atoms with van der Waals surface area (Å²) in [5.74, 6) is 0.0944.